The molecule has 2 fully saturated rings. The molecule has 0 spiro atoms. The Morgan fingerprint density at radius 3 is 2.19 bits per heavy atom. The molecule has 8 heteroatoms. The number of hydrogen-bond donors (Lipinski definition) is 0. The van der Waals surface area contributed by atoms with Crippen LogP contribution in [-0.2, 0) is 10.2 Å². The van der Waals surface area contributed by atoms with Gasteiger partial charge in [-0.3, -0.25) is 4.79 Å². The van der Waals surface area contributed by atoms with E-state index in [2.05, 4.69) is 0 Å². The summed E-state index contributed by atoms with van der Waals surface area (Å²) in [4.78, 5) is 14.4. The van der Waals surface area contributed by atoms with Gasteiger partial charge in [0.25, 0.3) is 16.1 Å². The predicted molar refractivity (Wildman–Crippen MR) is 104 cm³/mol. The summed E-state index contributed by atoms with van der Waals surface area (Å²) in [5, 5.41) is 0. The molecule has 0 N–H and O–H groups in total. The van der Waals surface area contributed by atoms with Crippen LogP contribution >= 0.6 is 0 Å². The molecule has 150 valence electrons. The fourth-order valence-corrected chi connectivity index (χ4v) is 4.81. The van der Waals surface area contributed by atoms with E-state index >= 15 is 0 Å². The molecule has 0 atom stereocenters. The number of ether oxygens (including phenoxy) is 1. The van der Waals surface area contributed by atoms with E-state index in [-0.39, 0.29) is 5.91 Å². The largest absolute Gasteiger partial charge is 0.493 e. The van der Waals surface area contributed by atoms with Crippen LogP contribution in [0.4, 0.5) is 0 Å². The van der Waals surface area contributed by atoms with Crippen molar-refractivity contribution in [3.05, 3.63) is 29.8 Å². The van der Waals surface area contributed by atoms with Gasteiger partial charge >= 0.3 is 0 Å². The Balaban J connectivity index is 1.54. The summed E-state index contributed by atoms with van der Waals surface area (Å²) in [6, 6.07) is 7.22. The van der Waals surface area contributed by atoms with Crippen molar-refractivity contribution in [1.82, 2.24) is 13.5 Å². The molecule has 1 heterocycles. The molecule has 1 aromatic carbocycles. The average molecular weight is 396 g/mol. The van der Waals surface area contributed by atoms with Crippen LogP contribution in [0, 0.1) is 5.92 Å². The van der Waals surface area contributed by atoms with Gasteiger partial charge in [-0.05, 0) is 43.0 Å². The topological polar surface area (TPSA) is 70.2 Å². The maximum atomic E-state index is 12.7. The lowest BCUT2D eigenvalue weighted by Crippen LogP contribution is -2.54. The SMILES string of the molecule is CCN(CC)S(=O)(=O)N1CCN(C(=O)c2ccc(OCC3CC3)cc2)CC1. The first kappa shape index (κ1) is 20.1. The van der Waals surface area contributed by atoms with Crippen LogP contribution in [0.2, 0.25) is 0 Å². The Morgan fingerprint density at radius 1 is 1.07 bits per heavy atom. The van der Waals surface area contributed by atoms with E-state index in [1.165, 1.54) is 21.5 Å². The van der Waals surface area contributed by atoms with Crippen molar-refractivity contribution in [2.75, 3.05) is 45.9 Å². The molecular weight excluding hydrogens is 366 g/mol. The van der Waals surface area contributed by atoms with Gasteiger partial charge < -0.3 is 9.64 Å². The zero-order valence-corrected chi connectivity index (χ0v) is 17.0. The summed E-state index contributed by atoms with van der Waals surface area (Å²) < 4.78 is 33.8. The number of piperazine rings is 1. The van der Waals surface area contributed by atoms with Crippen molar-refractivity contribution in [3.63, 3.8) is 0 Å². The molecule has 0 unspecified atom stereocenters. The summed E-state index contributed by atoms with van der Waals surface area (Å²) in [6.45, 7) is 6.77. The highest BCUT2D eigenvalue weighted by Crippen LogP contribution is 2.29. The second-order valence-electron chi connectivity index (χ2n) is 7.06. The lowest BCUT2D eigenvalue weighted by Gasteiger charge is -2.36. The van der Waals surface area contributed by atoms with E-state index in [9.17, 15) is 13.2 Å². The second kappa shape index (κ2) is 8.58. The van der Waals surface area contributed by atoms with Crippen LogP contribution in [0.1, 0.15) is 37.0 Å². The first-order valence-corrected chi connectivity index (χ1v) is 11.1. The minimum Gasteiger partial charge on any atom is -0.493 e. The number of amides is 1. The van der Waals surface area contributed by atoms with Gasteiger partial charge in [0, 0.05) is 44.8 Å². The third kappa shape index (κ3) is 4.80. The number of nitrogens with zero attached hydrogens (tertiary/aromatic N) is 3. The maximum absolute atomic E-state index is 12.7. The molecule has 1 amide bonds. The molecule has 7 nitrogen and oxygen atoms in total. The zero-order chi connectivity index (χ0) is 19.4. The van der Waals surface area contributed by atoms with Crippen molar-refractivity contribution in [1.29, 1.82) is 0 Å². The highest BCUT2D eigenvalue weighted by Gasteiger charge is 2.32. The summed E-state index contributed by atoms with van der Waals surface area (Å²) in [5.41, 5.74) is 0.605. The Morgan fingerprint density at radius 2 is 1.67 bits per heavy atom. The number of rotatable bonds is 8. The molecule has 3 rings (SSSR count). The Bertz CT molecular complexity index is 735. The Kier molecular flexibility index (Phi) is 6.39. The first-order valence-electron chi connectivity index (χ1n) is 9.73. The number of hydrogen-bond acceptors (Lipinski definition) is 4. The molecule has 0 bridgehead atoms. The Hall–Kier alpha value is -1.64. The minimum atomic E-state index is -3.44. The summed E-state index contributed by atoms with van der Waals surface area (Å²) in [5.74, 6) is 1.41. The van der Waals surface area contributed by atoms with Crippen LogP contribution in [0.5, 0.6) is 5.75 Å². The van der Waals surface area contributed by atoms with Crippen molar-refractivity contribution in [2.45, 2.75) is 26.7 Å². The quantitative estimate of drug-likeness (QED) is 0.673. The van der Waals surface area contributed by atoms with Crippen LogP contribution in [-0.4, -0.2) is 73.7 Å². The number of benzene rings is 1. The predicted octanol–water partition coefficient (Wildman–Crippen LogP) is 1.82. The summed E-state index contributed by atoms with van der Waals surface area (Å²) in [6.07, 6.45) is 2.49. The van der Waals surface area contributed by atoms with Gasteiger partial charge in [-0.1, -0.05) is 13.8 Å². The van der Waals surface area contributed by atoms with E-state index in [0.29, 0.717) is 50.7 Å². The number of carbonyl (C=O) groups is 1. The third-order valence-corrected chi connectivity index (χ3v) is 7.35. The van der Waals surface area contributed by atoms with E-state index in [0.717, 1.165) is 12.4 Å². The van der Waals surface area contributed by atoms with Gasteiger partial charge in [-0.25, -0.2) is 0 Å². The molecule has 1 aliphatic heterocycles. The summed E-state index contributed by atoms with van der Waals surface area (Å²) in [7, 11) is -3.44. The lowest BCUT2D eigenvalue weighted by molar-refractivity contribution is 0.0694. The molecule has 1 saturated heterocycles. The highest BCUT2D eigenvalue weighted by molar-refractivity contribution is 7.86. The van der Waals surface area contributed by atoms with Crippen molar-refractivity contribution >= 4 is 16.1 Å². The molecule has 0 aromatic heterocycles. The maximum Gasteiger partial charge on any atom is 0.282 e. The summed E-state index contributed by atoms with van der Waals surface area (Å²) >= 11 is 0. The van der Waals surface area contributed by atoms with Crippen LogP contribution < -0.4 is 4.74 Å². The van der Waals surface area contributed by atoms with E-state index in [1.54, 1.807) is 17.0 Å². The molecule has 27 heavy (non-hydrogen) atoms. The molecule has 0 radical (unpaired) electrons. The molecule has 2 aliphatic rings. The van der Waals surface area contributed by atoms with Gasteiger partial charge in [0.05, 0.1) is 6.61 Å². The lowest BCUT2D eigenvalue weighted by atomic mass is 10.2. The molecule has 1 aromatic rings. The molecular formula is C19H29N3O4S. The first-order chi connectivity index (χ1) is 13.0. The zero-order valence-electron chi connectivity index (χ0n) is 16.1. The van der Waals surface area contributed by atoms with Crippen molar-refractivity contribution in [2.24, 2.45) is 5.92 Å². The average Bonchev–Trinajstić information content (AvgIpc) is 3.51. The van der Waals surface area contributed by atoms with Gasteiger partial charge in [0.2, 0.25) is 0 Å². The normalized spacial score (nSPS) is 18.7. The van der Waals surface area contributed by atoms with Crippen LogP contribution in [0.3, 0.4) is 0 Å². The molecule has 1 saturated carbocycles. The minimum absolute atomic E-state index is 0.0661. The van der Waals surface area contributed by atoms with E-state index < -0.39 is 10.2 Å². The monoisotopic (exact) mass is 395 g/mol. The smallest absolute Gasteiger partial charge is 0.282 e. The number of carbonyl (C=O) groups excluding carboxylic acids is 1. The molecule has 1 aliphatic carbocycles. The fourth-order valence-electron chi connectivity index (χ4n) is 3.21. The standard InChI is InChI=1S/C19H29N3O4S/c1-3-21(4-2)27(24,25)22-13-11-20(12-14-22)19(23)17-7-9-18(10-8-17)26-15-16-5-6-16/h7-10,16H,3-6,11-15H2,1-2H3. The van der Waals surface area contributed by atoms with Gasteiger partial charge in [0.1, 0.15) is 5.75 Å². The highest BCUT2D eigenvalue weighted by atomic mass is 32.2. The van der Waals surface area contributed by atoms with Crippen molar-refractivity contribution in [3.8, 4) is 5.75 Å². The second-order valence-corrected chi connectivity index (χ2v) is 8.99. The van der Waals surface area contributed by atoms with Gasteiger partial charge in [0.15, 0.2) is 0 Å². The fraction of sp³-hybridized carbons (Fsp3) is 0.632. The van der Waals surface area contributed by atoms with Crippen LogP contribution in [0.25, 0.3) is 0 Å². The van der Waals surface area contributed by atoms with E-state index in [1.807, 2.05) is 26.0 Å². The van der Waals surface area contributed by atoms with Gasteiger partial charge in [-0.2, -0.15) is 17.0 Å². The van der Waals surface area contributed by atoms with Crippen molar-refractivity contribution < 1.29 is 17.9 Å². The van der Waals surface area contributed by atoms with Gasteiger partial charge in [-0.15, -0.1) is 0 Å². The Labute approximate surface area is 162 Å². The van der Waals surface area contributed by atoms with Crippen LogP contribution in [0.15, 0.2) is 24.3 Å². The van der Waals surface area contributed by atoms with E-state index in [4.69, 9.17) is 4.74 Å². The third-order valence-electron chi connectivity index (χ3n) is 5.17.